The molecule has 4 atom stereocenters. The first-order valence-electron chi connectivity index (χ1n) is 16.7. The van der Waals surface area contributed by atoms with Gasteiger partial charge in [0.2, 0.25) is 11.8 Å². The van der Waals surface area contributed by atoms with Gasteiger partial charge in [0.1, 0.15) is 24.4 Å². The van der Waals surface area contributed by atoms with E-state index in [1.54, 1.807) is 42.9 Å². The minimum atomic E-state index is -1.78. The summed E-state index contributed by atoms with van der Waals surface area (Å²) in [4.78, 5) is 45.0. The van der Waals surface area contributed by atoms with E-state index in [2.05, 4.69) is 25.2 Å². The second-order valence-electron chi connectivity index (χ2n) is 12.4. The van der Waals surface area contributed by atoms with Crippen molar-refractivity contribution >= 4 is 17.5 Å². The molecule has 14 nitrogen and oxygen atoms in total. The van der Waals surface area contributed by atoms with Crippen LogP contribution in [0.5, 0.6) is 0 Å². The fourth-order valence-electron chi connectivity index (χ4n) is 5.35. The van der Waals surface area contributed by atoms with E-state index in [1.807, 2.05) is 59.5 Å². The van der Waals surface area contributed by atoms with Crippen LogP contribution in [0.1, 0.15) is 22.6 Å². The maximum Gasteiger partial charge on any atom is 0.238 e. The standard InChI is InChI=1S/C37H47N7O7/c1-42(24-32(46)36(50)37(51)33(47)26-45)35(49)20-27-11-13-28(14-12-27)41-34(48)25-44(23-31-10-4-7-17-40-31)19-18-43(21-29-8-2-5-15-38-29)22-30-9-3-6-16-39-30/h2-17,32-33,36-37,45-47,50-51H,18-26H2,1H3,(H,41,48)/t32-,33+,36+,37+/m0/s1. The number of carbonyl (C=O) groups excluding carboxylic acids is 2. The zero-order valence-electron chi connectivity index (χ0n) is 28.6. The number of benzene rings is 1. The highest BCUT2D eigenvalue weighted by molar-refractivity contribution is 5.92. The molecular formula is C37H47N7O7. The summed E-state index contributed by atoms with van der Waals surface area (Å²) in [6.45, 7) is 1.94. The van der Waals surface area contributed by atoms with Crippen LogP contribution in [0, 0.1) is 0 Å². The van der Waals surface area contributed by atoms with Gasteiger partial charge in [-0.25, -0.2) is 0 Å². The van der Waals surface area contributed by atoms with Crippen molar-refractivity contribution in [3.8, 4) is 0 Å². The number of carbonyl (C=O) groups is 2. The van der Waals surface area contributed by atoms with Gasteiger partial charge in [0.25, 0.3) is 0 Å². The number of likely N-dealkylation sites (N-methyl/N-ethyl adjacent to an activating group) is 1. The molecule has 272 valence electrons. The molecule has 0 aliphatic carbocycles. The summed E-state index contributed by atoms with van der Waals surface area (Å²) < 4.78 is 0. The molecule has 3 heterocycles. The Bertz CT molecular complexity index is 1560. The van der Waals surface area contributed by atoms with Gasteiger partial charge >= 0.3 is 0 Å². The van der Waals surface area contributed by atoms with E-state index in [1.165, 1.54) is 11.9 Å². The lowest BCUT2D eigenvalue weighted by atomic mass is 10.0. The molecule has 2 amide bonds. The van der Waals surface area contributed by atoms with E-state index >= 15 is 0 Å². The first-order valence-corrected chi connectivity index (χ1v) is 16.7. The molecule has 0 unspecified atom stereocenters. The number of amides is 2. The zero-order chi connectivity index (χ0) is 36.6. The molecule has 0 aliphatic heterocycles. The van der Waals surface area contributed by atoms with E-state index in [-0.39, 0.29) is 31.3 Å². The van der Waals surface area contributed by atoms with Gasteiger partial charge in [-0.3, -0.25) is 34.3 Å². The largest absolute Gasteiger partial charge is 0.394 e. The van der Waals surface area contributed by atoms with Crippen molar-refractivity contribution in [3.63, 3.8) is 0 Å². The normalized spacial score (nSPS) is 13.8. The van der Waals surface area contributed by atoms with Crippen LogP contribution in [-0.4, -0.2) is 131 Å². The Labute approximate surface area is 297 Å². The van der Waals surface area contributed by atoms with Crippen LogP contribution in [-0.2, 0) is 35.6 Å². The molecule has 51 heavy (non-hydrogen) atoms. The van der Waals surface area contributed by atoms with Crippen LogP contribution in [0.15, 0.2) is 97.5 Å². The molecule has 6 N–H and O–H groups in total. The summed E-state index contributed by atoms with van der Waals surface area (Å²) in [7, 11) is 1.44. The zero-order valence-corrected chi connectivity index (χ0v) is 28.6. The minimum Gasteiger partial charge on any atom is -0.394 e. The van der Waals surface area contributed by atoms with Gasteiger partial charge in [0.15, 0.2) is 0 Å². The van der Waals surface area contributed by atoms with Gasteiger partial charge < -0.3 is 35.7 Å². The maximum atomic E-state index is 13.3. The number of aliphatic hydroxyl groups excluding tert-OH is 5. The number of aliphatic hydroxyl groups is 5. The van der Waals surface area contributed by atoms with E-state index in [0.29, 0.717) is 44.0 Å². The second kappa shape index (κ2) is 20.2. The number of nitrogens with one attached hydrogen (secondary N) is 1. The fraction of sp³-hybridized carbons (Fsp3) is 0.378. The molecule has 0 spiro atoms. The minimum absolute atomic E-state index is 0.0132. The average molecular weight is 702 g/mol. The third kappa shape index (κ3) is 13.2. The molecule has 0 bridgehead atoms. The van der Waals surface area contributed by atoms with Crippen molar-refractivity contribution in [1.82, 2.24) is 29.7 Å². The summed E-state index contributed by atoms with van der Waals surface area (Å²) >= 11 is 0. The van der Waals surface area contributed by atoms with Crippen LogP contribution >= 0.6 is 0 Å². The molecule has 0 saturated carbocycles. The van der Waals surface area contributed by atoms with Gasteiger partial charge in [0.05, 0.1) is 36.7 Å². The van der Waals surface area contributed by atoms with E-state index in [9.17, 15) is 30.0 Å². The predicted molar refractivity (Wildman–Crippen MR) is 190 cm³/mol. The Morgan fingerprint density at radius 1 is 0.686 bits per heavy atom. The maximum absolute atomic E-state index is 13.3. The molecule has 0 saturated heterocycles. The van der Waals surface area contributed by atoms with Crippen LogP contribution in [0.4, 0.5) is 5.69 Å². The van der Waals surface area contributed by atoms with Crippen molar-refractivity contribution in [2.24, 2.45) is 0 Å². The summed E-state index contributed by atoms with van der Waals surface area (Å²) in [6.07, 6.45) is -1.45. The Morgan fingerprint density at radius 3 is 1.67 bits per heavy atom. The highest BCUT2D eigenvalue weighted by Crippen LogP contribution is 2.14. The lowest BCUT2D eigenvalue weighted by molar-refractivity contribution is -0.137. The smallest absolute Gasteiger partial charge is 0.238 e. The van der Waals surface area contributed by atoms with Gasteiger partial charge in [-0.1, -0.05) is 30.3 Å². The molecule has 14 heteroatoms. The van der Waals surface area contributed by atoms with Crippen LogP contribution in [0.3, 0.4) is 0 Å². The summed E-state index contributed by atoms with van der Waals surface area (Å²) in [5.74, 6) is -0.572. The third-order valence-electron chi connectivity index (χ3n) is 8.24. The van der Waals surface area contributed by atoms with Gasteiger partial charge in [0, 0.05) is 70.6 Å². The molecule has 0 aliphatic rings. The quantitative estimate of drug-likeness (QED) is 0.0746. The number of anilines is 1. The third-order valence-corrected chi connectivity index (χ3v) is 8.24. The Morgan fingerprint density at radius 2 is 1.18 bits per heavy atom. The Kier molecular flexibility index (Phi) is 15.5. The van der Waals surface area contributed by atoms with Gasteiger partial charge in [-0.05, 0) is 54.1 Å². The van der Waals surface area contributed by atoms with Crippen LogP contribution in [0.2, 0.25) is 0 Å². The number of pyridine rings is 3. The van der Waals surface area contributed by atoms with Crippen molar-refractivity contribution in [2.45, 2.75) is 50.5 Å². The predicted octanol–water partition coefficient (Wildman–Crippen LogP) is 0.452. The number of nitrogens with zero attached hydrogens (tertiary/aromatic N) is 6. The molecule has 1 aromatic carbocycles. The van der Waals surface area contributed by atoms with E-state index < -0.39 is 31.0 Å². The number of hydrogen-bond donors (Lipinski definition) is 6. The topological polar surface area (TPSA) is 196 Å². The lowest BCUT2D eigenvalue weighted by Gasteiger charge is -2.28. The first kappa shape index (κ1) is 39.1. The molecule has 0 fully saturated rings. The molecule has 4 rings (SSSR count). The number of rotatable bonds is 20. The summed E-state index contributed by atoms with van der Waals surface area (Å²) in [5, 5.41) is 51.5. The van der Waals surface area contributed by atoms with E-state index in [0.717, 1.165) is 17.1 Å². The van der Waals surface area contributed by atoms with Gasteiger partial charge in [-0.15, -0.1) is 0 Å². The molecular weight excluding hydrogens is 654 g/mol. The number of aromatic nitrogens is 3. The SMILES string of the molecule is CN(C[C@H](O)[C@@H](O)[C@H](O)[C@H](O)CO)C(=O)Cc1ccc(NC(=O)CN(CCN(Cc2ccccn2)Cc2ccccn2)Cc2ccccn2)cc1. The molecule has 3 aromatic heterocycles. The van der Waals surface area contributed by atoms with Crippen LogP contribution in [0.25, 0.3) is 0 Å². The Balaban J connectivity index is 1.34. The summed E-state index contributed by atoms with van der Waals surface area (Å²) in [6, 6.07) is 24.2. The highest BCUT2D eigenvalue weighted by Gasteiger charge is 2.31. The van der Waals surface area contributed by atoms with Crippen molar-refractivity contribution < 1.29 is 35.1 Å². The molecule has 4 aromatic rings. The molecule has 0 radical (unpaired) electrons. The van der Waals surface area contributed by atoms with Crippen molar-refractivity contribution in [2.75, 3.05) is 45.2 Å². The fourth-order valence-corrected chi connectivity index (χ4v) is 5.35. The first-order chi connectivity index (χ1) is 24.6. The lowest BCUT2D eigenvalue weighted by Crippen LogP contribution is -2.50. The average Bonchev–Trinajstić information content (AvgIpc) is 3.14. The summed E-state index contributed by atoms with van der Waals surface area (Å²) in [5.41, 5.74) is 3.93. The monoisotopic (exact) mass is 701 g/mol. The highest BCUT2D eigenvalue weighted by atomic mass is 16.4. The van der Waals surface area contributed by atoms with Crippen molar-refractivity contribution in [3.05, 3.63) is 120 Å². The van der Waals surface area contributed by atoms with E-state index in [4.69, 9.17) is 5.11 Å². The number of hydrogen-bond acceptors (Lipinski definition) is 12. The second-order valence-corrected chi connectivity index (χ2v) is 12.4. The Hall–Kier alpha value is -4.67. The van der Waals surface area contributed by atoms with Gasteiger partial charge in [-0.2, -0.15) is 0 Å². The van der Waals surface area contributed by atoms with Crippen molar-refractivity contribution in [1.29, 1.82) is 0 Å². The van der Waals surface area contributed by atoms with Crippen LogP contribution < -0.4 is 5.32 Å².